The van der Waals surface area contributed by atoms with Crippen LogP contribution in [-0.2, 0) is 32.7 Å². The molecule has 0 aliphatic carbocycles. The first-order valence-electron chi connectivity index (χ1n) is 23.9. The van der Waals surface area contributed by atoms with Crippen LogP contribution < -0.4 is 0 Å². The zero-order valence-corrected chi connectivity index (χ0v) is 39.1. The minimum atomic E-state index is -4.66. The summed E-state index contributed by atoms with van der Waals surface area (Å²) in [5.41, 5.74) is 0. The Hall–Kier alpha value is -1.85. The van der Waals surface area contributed by atoms with Gasteiger partial charge in [0.2, 0.25) is 0 Å². The van der Waals surface area contributed by atoms with E-state index in [0.717, 1.165) is 38.0 Å². The van der Waals surface area contributed by atoms with Gasteiger partial charge in [-0.2, -0.15) is 0 Å². The molecule has 0 saturated heterocycles. The summed E-state index contributed by atoms with van der Waals surface area (Å²) in [5, 5.41) is 28.6. The number of phosphoric ester groups is 1. The number of carbonyl (C=O) groups excluding carboxylic acids is 2. The van der Waals surface area contributed by atoms with Gasteiger partial charge in [-0.05, 0) is 44.4 Å². The predicted molar refractivity (Wildman–Crippen MR) is 243 cm³/mol. The number of hydrogen-bond acceptors (Lipinski definition) is 10. The van der Waals surface area contributed by atoms with Gasteiger partial charge in [-0.25, -0.2) is 4.57 Å². The average Bonchev–Trinajstić information content (AvgIpc) is 3.22. The van der Waals surface area contributed by atoms with E-state index in [4.69, 9.17) is 19.1 Å². The number of aliphatic hydroxyl groups is 3. The lowest BCUT2D eigenvalue weighted by atomic mass is 10.0. The highest BCUT2D eigenvalue weighted by molar-refractivity contribution is 7.47. The van der Waals surface area contributed by atoms with Crippen molar-refractivity contribution in [1.82, 2.24) is 0 Å². The van der Waals surface area contributed by atoms with E-state index >= 15 is 0 Å². The first-order chi connectivity index (χ1) is 29.0. The van der Waals surface area contributed by atoms with Crippen molar-refractivity contribution in [3.63, 3.8) is 0 Å². The van der Waals surface area contributed by atoms with Crippen molar-refractivity contribution in [1.29, 1.82) is 0 Å². The SMILES string of the molecule is CCCCCCCC/C=C/C/C=C/C=C/C(O)CCCC(=O)OC[C@H](COP(=O)(O)OC[C@@H](O)CO)OC(=O)CCCCCCCCCCCCCCCCCCC(C)C. The van der Waals surface area contributed by atoms with E-state index in [2.05, 4.69) is 37.4 Å². The van der Waals surface area contributed by atoms with Crippen LogP contribution in [0.5, 0.6) is 0 Å². The van der Waals surface area contributed by atoms with Crippen LogP contribution in [0, 0.1) is 5.92 Å². The van der Waals surface area contributed by atoms with Gasteiger partial charge in [-0.1, -0.05) is 192 Å². The van der Waals surface area contributed by atoms with Crippen LogP contribution in [0.4, 0.5) is 0 Å². The first-order valence-corrected chi connectivity index (χ1v) is 25.4. The molecular formula is C48H89O11P. The van der Waals surface area contributed by atoms with Crippen molar-refractivity contribution in [3.05, 3.63) is 36.5 Å². The maximum Gasteiger partial charge on any atom is 0.472 e. The zero-order valence-electron chi connectivity index (χ0n) is 38.2. The quantitative estimate of drug-likeness (QED) is 0.0151. The number of hydrogen-bond donors (Lipinski definition) is 4. The lowest BCUT2D eigenvalue weighted by Gasteiger charge is -2.20. The van der Waals surface area contributed by atoms with E-state index in [1.165, 1.54) is 122 Å². The summed E-state index contributed by atoms with van der Waals surface area (Å²) in [6.07, 6.45) is 40.0. The van der Waals surface area contributed by atoms with Gasteiger partial charge in [-0.15, -0.1) is 0 Å². The predicted octanol–water partition coefficient (Wildman–Crippen LogP) is 11.9. The summed E-state index contributed by atoms with van der Waals surface area (Å²) < 4.78 is 32.7. The van der Waals surface area contributed by atoms with Crippen LogP contribution in [0.1, 0.15) is 207 Å². The zero-order chi connectivity index (χ0) is 44.4. The van der Waals surface area contributed by atoms with Crippen molar-refractivity contribution in [2.24, 2.45) is 5.92 Å². The molecule has 0 heterocycles. The van der Waals surface area contributed by atoms with Crippen LogP contribution in [0.15, 0.2) is 36.5 Å². The summed E-state index contributed by atoms with van der Waals surface area (Å²) >= 11 is 0. The van der Waals surface area contributed by atoms with Crippen LogP contribution in [0.2, 0.25) is 0 Å². The molecule has 60 heavy (non-hydrogen) atoms. The van der Waals surface area contributed by atoms with E-state index in [0.29, 0.717) is 19.3 Å². The normalized spacial score (nSPS) is 14.7. The number of allylic oxidation sites excluding steroid dienone is 5. The number of esters is 2. The molecule has 12 heteroatoms. The second-order valence-electron chi connectivity index (χ2n) is 16.8. The van der Waals surface area contributed by atoms with Gasteiger partial charge in [0.15, 0.2) is 6.10 Å². The van der Waals surface area contributed by atoms with E-state index < -0.39 is 64.5 Å². The van der Waals surface area contributed by atoms with Gasteiger partial charge in [0.05, 0.1) is 25.9 Å². The van der Waals surface area contributed by atoms with E-state index in [9.17, 15) is 29.3 Å². The Morgan fingerprint density at radius 3 is 1.72 bits per heavy atom. The highest BCUT2D eigenvalue weighted by Gasteiger charge is 2.27. The monoisotopic (exact) mass is 873 g/mol. The van der Waals surface area contributed by atoms with E-state index in [1.807, 2.05) is 12.2 Å². The Morgan fingerprint density at radius 1 is 0.600 bits per heavy atom. The maximum absolute atomic E-state index is 12.7. The molecule has 0 radical (unpaired) electrons. The van der Waals surface area contributed by atoms with Crippen LogP contribution in [-0.4, -0.2) is 76.9 Å². The van der Waals surface area contributed by atoms with Gasteiger partial charge in [0, 0.05) is 12.8 Å². The molecule has 4 atom stereocenters. The standard InChI is InChI=1S/C48H89O11P/c1-4-5-6-7-8-9-10-15-19-22-25-28-31-35-44(50)36-33-38-47(52)56-41-46(42-58-60(54,55)57-40-45(51)39-49)59-48(53)37-32-29-26-23-20-17-14-12-11-13-16-18-21-24-27-30-34-43(2)3/h15,19,25,28,31,35,43-46,49-51H,4-14,16-18,20-24,26-27,29-30,32-34,36-42H2,1-3H3,(H,54,55)/b19-15+,28-25+,35-31+/t44?,45-,46+/m0/s1. The van der Waals surface area contributed by atoms with Crippen molar-refractivity contribution in [2.75, 3.05) is 26.4 Å². The second kappa shape index (κ2) is 42.5. The molecule has 0 fully saturated rings. The number of carbonyl (C=O) groups is 2. The van der Waals surface area contributed by atoms with E-state index in [1.54, 1.807) is 12.2 Å². The van der Waals surface area contributed by atoms with Crippen LogP contribution in [0.3, 0.4) is 0 Å². The van der Waals surface area contributed by atoms with Crippen LogP contribution >= 0.6 is 7.82 Å². The van der Waals surface area contributed by atoms with Crippen molar-refractivity contribution in [2.45, 2.75) is 225 Å². The third kappa shape index (κ3) is 42.8. The highest BCUT2D eigenvalue weighted by Crippen LogP contribution is 2.43. The molecule has 0 aromatic heterocycles. The van der Waals surface area contributed by atoms with Gasteiger partial charge < -0.3 is 29.7 Å². The Balaban J connectivity index is 4.38. The number of phosphoric acid groups is 1. The smallest absolute Gasteiger partial charge is 0.462 e. The largest absolute Gasteiger partial charge is 0.472 e. The maximum atomic E-state index is 12.7. The van der Waals surface area contributed by atoms with Crippen molar-refractivity contribution in [3.8, 4) is 0 Å². The molecule has 0 rings (SSSR count). The topological polar surface area (TPSA) is 169 Å². The van der Waals surface area contributed by atoms with Crippen molar-refractivity contribution >= 4 is 19.8 Å². The number of aliphatic hydroxyl groups excluding tert-OH is 3. The first kappa shape index (κ1) is 58.1. The fourth-order valence-corrected chi connectivity index (χ4v) is 7.39. The lowest BCUT2D eigenvalue weighted by molar-refractivity contribution is -0.161. The minimum absolute atomic E-state index is 0.0190. The molecule has 0 amide bonds. The highest BCUT2D eigenvalue weighted by atomic mass is 31.2. The second-order valence-corrected chi connectivity index (χ2v) is 18.3. The molecule has 4 N–H and O–H groups in total. The molecule has 352 valence electrons. The molecule has 0 aromatic carbocycles. The van der Waals surface area contributed by atoms with Gasteiger partial charge in [0.1, 0.15) is 12.7 Å². The number of rotatable bonds is 44. The fraction of sp³-hybridized carbons (Fsp3) is 0.833. The third-order valence-electron chi connectivity index (χ3n) is 10.3. The number of unbranched alkanes of at least 4 members (excludes halogenated alkanes) is 21. The minimum Gasteiger partial charge on any atom is -0.462 e. The molecule has 2 unspecified atom stereocenters. The molecule has 0 aromatic rings. The van der Waals surface area contributed by atoms with Crippen LogP contribution in [0.25, 0.3) is 0 Å². The summed E-state index contributed by atoms with van der Waals surface area (Å²) in [6, 6.07) is 0. The fourth-order valence-electron chi connectivity index (χ4n) is 6.60. The molecular weight excluding hydrogens is 783 g/mol. The molecule has 0 bridgehead atoms. The molecule has 0 aliphatic heterocycles. The Kier molecular flexibility index (Phi) is 41.1. The summed E-state index contributed by atoms with van der Waals surface area (Å²) in [7, 11) is -4.66. The summed E-state index contributed by atoms with van der Waals surface area (Å²) in [5.74, 6) is -0.289. The molecule has 11 nitrogen and oxygen atoms in total. The number of ether oxygens (including phenoxy) is 2. The Morgan fingerprint density at radius 2 is 1.13 bits per heavy atom. The molecule has 0 aliphatic rings. The van der Waals surface area contributed by atoms with Gasteiger partial charge in [0.25, 0.3) is 0 Å². The van der Waals surface area contributed by atoms with Gasteiger partial charge >= 0.3 is 19.8 Å². The molecule has 0 saturated carbocycles. The average molecular weight is 873 g/mol. The Labute approximate surface area is 365 Å². The summed E-state index contributed by atoms with van der Waals surface area (Å²) in [6.45, 7) is 4.53. The lowest BCUT2D eigenvalue weighted by Crippen LogP contribution is -2.30. The molecule has 0 spiro atoms. The third-order valence-corrected chi connectivity index (χ3v) is 11.3. The van der Waals surface area contributed by atoms with Gasteiger partial charge in [-0.3, -0.25) is 18.6 Å². The Bertz CT molecular complexity index is 1130. The van der Waals surface area contributed by atoms with Crippen molar-refractivity contribution < 1.29 is 52.9 Å². The summed E-state index contributed by atoms with van der Waals surface area (Å²) in [4.78, 5) is 35.1. The van der Waals surface area contributed by atoms with E-state index in [-0.39, 0.29) is 12.8 Å².